The van der Waals surface area contributed by atoms with Crippen LogP contribution in [0.5, 0.6) is 0 Å². The quantitative estimate of drug-likeness (QED) is 0.851. The lowest BCUT2D eigenvalue weighted by Gasteiger charge is -2.49. The fourth-order valence-electron chi connectivity index (χ4n) is 5.64. The van der Waals surface area contributed by atoms with E-state index in [9.17, 15) is 4.79 Å². The first-order valence-corrected chi connectivity index (χ1v) is 9.68. The molecule has 1 aromatic carbocycles. The van der Waals surface area contributed by atoms with E-state index in [0.29, 0.717) is 12.3 Å². The number of rotatable bonds is 3. The van der Waals surface area contributed by atoms with Gasteiger partial charge in [0.15, 0.2) is 5.78 Å². The predicted molar refractivity (Wildman–Crippen MR) is 97.7 cm³/mol. The van der Waals surface area contributed by atoms with E-state index in [1.54, 1.807) is 0 Å². The maximum Gasteiger partial charge on any atom is 0.158 e. The summed E-state index contributed by atoms with van der Waals surface area (Å²) in [6.07, 6.45) is 11.5. The van der Waals surface area contributed by atoms with Gasteiger partial charge in [-0.2, -0.15) is 0 Å². The summed E-state index contributed by atoms with van der Waals surface area (Å²) in [4.78, 5) is 12.3. The van der Waals surface area contributed by atoms with Crippen molar-refractivity contribution in [1.82, 2.24) is 5.32 Å². The average Bonchev–Trinajstić information content (AvgIpc) is 2.54. The molecular weight excluding hydrogens is 294 g/mol. The van der Waals surface area contributed by atoms with Gasteiger partial charge in [0.1, 0.15) is 0 Å². The number of allylic oxidation sites excluding steroid dienone is 2. The smallest absolute Gasteiger partial charge is 0.158 e. The average molecular weight is 323 g/mol. The molecule has 0 aromatic heterocycles. The first kappa shape index (κ1) is 15.9. The number of carbonyl (C=O) groups excluding carboxylic acids is 1. The second kappa shape index (κ2) is 6.38. The van der Waals surface area contributed by atoms with Crippen molar-refractivity contribution in [1.29, 1.82) is 0 Å². The van der Waals surface area contributed by atoms with Crippen LogP contribution in [0.15, 0.2) is 42.1 Å². The Morgan fingerprint density at radius 3 is 2.79 bits per heavy atom. The number of hydrogen-bond acceptors (Lipinski definition) is 2. The molecule has 4 rings (SSSR count). The molecule has 0 amide bonds. The summed E-state index contributed by atoms with van der Waals surface area (Å²) in [6, 6.07) is 10.5. The van der Waals surface area contributed by atoms with Crippen LogP contribution in [0.4, 0.5) is 0 Å². The minimum atomic E-state index is 0.255. The monoisotopic (exact) mass is 323 g/mol. The second-order valence-corrected chi connectivity index (χ2v) is 8.56. The van der Waals surface area contributed by atoms with Gasteiger partial charge >= 0.3 is 0 Å². The zero-order valence-electron chi connectivity index (χ0n) is 14.8. The van der Waals surface area contributed by atoms with Gasteiger partial charge in [0.2, 0.25) is 0 Å². The summed E-state index contributed by atoms with van der Waals surface area (Å²) in [7, 11) is 0. The fraction of sp³-hybridized carbons (Fsp3) is 0.591. The lowest BCUT2D eigenvalue weighted by atomic mass is 9.63. The molecule has 128 valence electrons. The van der Waals surface area contributed by atoms with Gasteiger partial charge in [0.05, 0.1) is 0 Å². The highest BCUT2D eigenvalue weighted by atomic mass is 16.1. The van der Waals surface area contributed by atoms with Crippen LogP contribution in [-0.2, 0) is 4.79 Å². The van der Waals surface area contributed by atoms with Crippen molar-refractivity contribution in [2.24, 2.45) is 11.8 Å². The van der Waals surface area contributed by atoms with Gasteiger partial charge in [0.25, 0.3) is 0 Å². The Labute approximate surface area is 145 Å². The minimum absolute atomic E-state index is 0.255. The van der Waals surface area contributed by atoms with Crippen molar-refractivity contribution in [3.05, 3.63) is 47.7 Å². The highest BCUT2D eigenvalue weighted by molar-refractivity contribution is 5.92. The van der Waals surface area contributed by atoms with Gasteiger partial charge in [-0.15, -0.1) is 0 Å². The summed E-state index contributed by atoms with van der Waals surface area (Å²) < 4.78 is 0. The number of ketones is 1. The van der Waals surface area contributed by atoms with Crippen molar-refractivity contribution in [2.45, 2.75) is 69.7 Å². The lowest BCUT2D eigenvalue weighted by Crippen LogP contribution is -2.52. The zero-order chi connectivity index (χ0) is 16.6. The van der Waals surface area contributed by atoms with Crippen LogP contribution in [0.1, 0.15) is 69.8 Å². The van der Waals surface area contributed by atoms with E-state index in [1.165, 1.54) is 49.8 Å². The molecule has 2 heteroatoms. The Balaban J connectivity index is 1.52. The van der Waals surface area contributed by atoms with E-state index >= 15 is 0 Å². The third kappa shape index (κ3) is 3.29. The Kier molecular flexibility index (Phi) is 4.24. The molecule has 0 aliphatic heterocycles. The molecule has 2 nitrogen and oxygen atoms in total. The third-order valence-electron chi connectivity index (χ3n) is 6.37. The van der Waals surface area contributed by atoms with Crippen LogP contribution < -0.4 is 5.32 Å². The Hall–Kier alpha value is -1.57. The van der Waals surface area contributed by atoms with Crippen molar-refractivity contribution in [2.75, 3.05) is 0 Å². The van der Waals surface area contributed by atoms with Crippen LogP contribution in [-0.4, -0.2) is 11.3 Å². The molecule has 2 bridgehead atoms. The molecule has 4 atom stereocenters. The van der Waals surface area contributed by atoms with Crippen molar-refractivity contribution in [3.63, 3.8) is 0 Å². The lowest BCUT2D eigenvalue weighted by molar-refractivity contribution is -0.115. The molecule has 3 aliphatic rings. The molecule has 3 unspecified atom stereocenters. The Bertz CT molecular complexity index is 631. The number of fused-ring (bicyclic) bond motifs is 2. The van der Waals surface area contributed by atoms with E-state index in [1.807, 2.05) is 12.1 Å². The molecule has 1 aromatic rings. The van der Waals surface area contributed by atoms with Crippen LogP contribution in [0.3, 0.4) is 0 Å². The van der Waals surface area contributed by atoms with Crippen molar-refractivity contribution >= 4 is 5.78 Å². The van der Waals surface area contributed by atoms with Crippen LogP contribution >= 0.6 is 0 Å². The zero-order valence-corrected chi connectivity index (χ0v) is 14.8. The molecule has 0 spiro atoms. The van der Waals surface area contributed by atoms with Crippen molar-refractivity contribution in [3.8, 4) is 0 Å². The van der Waals surface area contributed by atoms with Gasteiger partial charge in [-0.3, -0.25) is 4.79 Å². The number of carbonyl (C=O) groups is 1. The topological polar surface area (TPSA) is 29.1 Å². The molecule has 0 heterocycles. The van der Waals surface area contributed by atoms with Gasteiger partial charge in [-0.1, -0.05) is 50.1 Å². The SMILES string of the molecule is CC1C[C@H]2CCCC(NC3=CC(=O)CC(c4ccccc4)C3)(C1)C2. The summed E-state index contributed by atoms with van der Waals surface area (Å²) in [5.41, 5.74) is 2.75. The molecule has 24 heavy (non-hydrogen) atoms. The van der Waals surface area contributed by atoms with E-state index in [-0.39, 0.29) is 11.3 Å². The summed E-state index contributed by atoms with van der Waals surface area (Å²) in [6.45, 7) is 2.40. The first-order valence-electron chi connectivity index (χ1n) is 9.68. The van der Waals surface area contributed by atoms with Gasteiger partial charge in [0, 0.05) is 23.7 Å². The number of benzene rings is 1. The molecule has 2 fully saturated rings. The fourth-order valence-corrected chi connectivity index (χ4v) is 5.64. The maximum atomic E-state index is 12.3. The molecule has 0 saturated heterocycles. The van der Waals surface area contributed by atoms with Crippen molar-refractivity contribution < 1.29 is 4.79 Å². The highest BCUT2D eigenvalue weighted by Gasteiger charge is 2.42. The van der Waals surface area contributed by atoms with Crippen LogP contribution in [0.2, 0.25) is 0 Å². The summed E-state index contributed by atoms with van der Waals surface area (Å²) >= 11 is 0. The normalized spacial score (nSPS) is 36.1. The maximum absolute atomic E-state index is 12.3. The van der Waals surface area contributed by atoms with E-state index in [2.05, 4.69) is 36.5 Å². The summed E-state index contributed by atoms with van der Waals surface area (Å²) in [5, 5.41) is 3.90. The van der Waals surface area contributed by atoms with E-state index in [4.69, 9.17) is 0 Å². The standard InChI is InChI=1S/C22H29NO/c1-16-10-17-6-5-9-22(14-16,15-17)23-20-11-19(12-21(24)13-20)18-7-3-2-4-8-18/h2-4,7-8,13,16-17,19,23H,5-6,9-12,14-15H2,1H3/t16?,17-,19?,22?/m1/s1. The molecule has 0 radical (unpaired) electrons. The second-order valence-electron chi connectivity index (χ2n) is 8.56. The van der Waals surface area contributed by atoms with Gasteiger partial charge in [-0.25, -0.2) is 0 Å². The molecule has 2 saturated carbocycles. The van der Waals surface area contributed by atoms with Gasteiger partial charge < -0.3 is 5.32 Å². The van der Waals surface area contributed by atoms with Gasteiger partial charge in [-0.05, 0) is 55.4 Å². The third-order valence-corrected chi connectivity index (χ3v) is 6.37. The first-order chi connectivity index (χ1) is 11.6. The Morgan fingerprint density at radius 1 is 1.12 bits per heavy atom. The highest BCUT2D eigenvalue weighted by Crippen LogP contribution is 2.46. The van der Waals surface area contributed by atoms with E-state index in [0.717, 1.165) is 18.3 Å². The number of nitrogens with one attached hydrogen (secondary N) is 1. The van der Waals surface area contributed by atoms with Crippen LogP contribution in [0, 0.1) is 11.8 Å². The predicted octanol–water partition coefficient (Wildman–Crippen LogP) is 4.97. The molecular formula is C22H29NO. The summed E-state index contributed by atoms with van der Waals surface area (Å²) in [5.74, 6) is 2.31. The molecule has 3 aliphatic carbocycles. The minimum Gasteiger partial charge on any atom is -0.383 e. The largest absolute Gasteiger partial charge is 0.383 e. The number of hydrogen-bond donors (Lipinski definition) is 1. The van der Waals surface area contributed by atoms with E-state index < -0.39 is 0 Å². The Morgan fingerprint density at radius 2 is 1.96 bits per heavy atom. The molecule has 1 N–H and O–H groups in total. The van der Waals surface area contributed by atoms with Crippen LogP contribution in [0.25, 0.3) is 0 Å².